The van der Waals surface area contributed by atoms with E-state index in [1.54, 1.807) is 0 Å². The molecule has 296 valence electrons. The molecular formula is C56H37N5OSi. The third-order valence-corrected chi connectivity index (χ3v) is 17.0. The number of hydrogen-bond acceptors (Lipinski definition) is 5. The van der Waals surface area contributed by atoms with Gasteiger partial charge in [-0.1, -0.05) is 133 Å². The summed E-state index contributed by atoms with van der Waals surface area (Å²) in [5.41, 5.74) is 9.73. The van der Waals surface area contributed by atoms with E-state index in [9.17, 15) is 5.26 Å². The van der Waals surface area contributed by atoms with Crippen molar-refractivity contribution in [3.8, 4) is 17.6 Å². The summed E-state index contributed by atoms with van der Waals surface area (Å²) in [5.74, 6) is 1.52. The average Bonchev–Trinajstić information content (AvgIpc) is 3.35. The van der Waals surface area contributed by atoms with Crippen LogP contribution in [0.15, 0.2) is 224 Å². The van der Waals surface area contributed by atoms with E-state index >= 15 is 0 Å². The molecule has 7 heteroatoms. The highest BCUT2D eigenvalue weighted by molar-refractivity contribution is 7.21. The molecule has 0 saturated carbocycles. The zero-order valence-corrected chi connectivity index (χ0v) is 35.0. The van der Waals surface area contributed by atoms with Gasteiger partial charge in [0.25, 0.3) is 0 Å². The zero-order valence-electron chi connectivity index (χ0n) is 34.0. The Balaban J connectivity index is 1.22. The second-order valence-electron chi connectivity index (χ2n) is 15.6. The van der Waals surface area contributed by atoms with Gasteiger partial charge in [0.2, 0.25) is 0 Å². The van der Waals surface area contributed by atoms with Crippen molar-refractivity contribution in [2.24, 2.45) is 0 Å². The second-order valence-corrected chi connectivity index (χ2v) is 19.3. The maximum atomic E-state index is 9.81. The highest BCUT2D eigenvalue weighted by Gasteiger charge is 2.48. The molecule has 9 aromatic rings. The highest BCUT2D eigenvalue weighted by atomic mass is 28.3. The Morgan fingerprint density at radius 1 is 0.460 bits per heavy atom. The van der Waals surface area contributed by atoms with Crippen molar-refractivity contribution < 1.29 is 4.74 Å². The summed E-state index contributed by atoms with van der Waals surface area (Å²) in [7, 11) is -2.88. The van der Waals surface area contributed by atoms with Crippen molar-refractivity contribution in [2.45, 2.75) is 0 Å². The van der Waals surface area contributed by atoms with Crippen LogP contribution in [0.4, 0.5) is 56.9 Å². The van der Waals surface area contributed by atoms with Crippen LogP contribution in [0.3, 0.4) is 0 Å². The van der Waals surface area contributed by atoms with Crippen molar-refractivity contribution in [3.63, 3.8) is 0 Å². The van der Waals surface area contributed by atoms with E-state index < -0.39 is 8.07 Å². The van der Waals surface area contributed by atoms with Gasteiger partial charge in [0.05, 0.1) is 46.6 Å². The summed E-state index contributed by atoms with van der Waals surface area (Å²) < 4.78 is 6.53. The Hall–Kier alpha value is -8.62. The summed E-state index contributed by atoms with van der Waals surface area (Å²) in [6, 6.07) is 80.7. The minimum atomic E-state index is -2.88. The van der Waals surface area contributed by atoms with Gasteiger partial charge < -0.3 is 19.4 Å². The van der Waals surface area contributed by atoms with Crippen LogP contribution in [-0.2, 0) is 0 Å². The molecule has 0 N–H and O–H groups in total. The molecule has 0 aliphatic carbocycles. The zero-order chi connectivity index (χ0) is 42.3. The second kappa shape index (κ2) is 15.4. The van der Waals surface area contributed by atoms with E-state index in [4.69, 9.17) is 11.3 Å². The molecule has 0 unspecified atom stereocenters. The minimum Gasteiger partial charge on any atom is -0.453 e. The van der Waals surface area contributed by atoms with Crippen molar-refractivity contribution in [3.05, 3.63) is 241 Å². The fourth-order valence-corrected chi connectivity index (χ4v) is 14.6. The van der Waals surface area contributed by atoms with Gasteiger partial charge in [0.1, 0.15) is 0 Å². The van der Waals surface area contributed by atoms with E-state index in [0.717, 1.165) is 62.7 Å². The van der Waals surface area contributed by atoms with Crippen LogP contribution in [0, 0.1) is 17.9 Å². The fourth-order valence-electron chi connectivity index (χ4n) is 9.45. The predicted molar refractivity (Wildman–Crippen MR) is 259 cm³/mol. The monoisotopic (exact) mass is 823 g/mol. The molecule has 0 saturated heterocycles. The Morgan fingerprint density at radius 2 is 0.889 bits per heavy atom. The number of hydrogen-bond donors (Lipinski definition) is 0. The number of anilines is 9. The first-order valence-corrected chi connectivity index (χ1v) is 22.8. The molecule has 2 aliphatic rings. The molecule has 0 spiro atoms. The van der Waals surface area contributed by atoms with Crippen LogP contribution in [-0.4, -0.2) is 8.07 Å². The van der Waals surface area contributed by atoms with E-state index in [-0.39, 0.29) is 0 Å². The summed E-state index contributed by atoms with van der Waals surface area (Å²) in [6.07, 6.45) is 0. The van der Waals surface area contributed by atoms with E-state index in [0.29, 0.717) is 11.3 Å². The number of ether oxygens (including phenoxy) is 1. The first-order chi connectivity index (χ1) is 31.1. The van der Waals surface area contributed by atoms with Crippen molar-refractivity contribution in [1.82, 2.24) is 0 Å². The SMILES string of the molecule is [C-]#[N+]c1ccc(N(c2ccc(C#N)cc2)c2cc(N3c4ccccc4Oc4ccccc43)cc(N3c4ccccc4[Si](c4ccccc4)(c4ccccc4)c4ccccc43)c2)cc1. The van der Waals surface area contributed by atoms with Crippen LogP contribution >= 0.6 is 0 Å². The lowest BCUT2D eigenvalue weighted by Crippen LogP contribution is -2.77. The first-order valence-electron chi connectivity index (χ1n) is 20.8. The lowest BCUT2D eigenvalue weighted by atomic mass is 10.1. The molecule has 63 heavy (non-hydrogen) atoms. The topological polar surface area (TPSA) is 47.1 Å². The molecule has 0 bridgehead atoms. The van der Waals surface area contributed by atoms with Gasteiger partial charge in [-0.25, -0.2) is 4.85 Å². The van der Waals surface area contributed by atoms with Crippen LogP contribution in [0.5, 0.6) is 11.5 Å². The molecule has 9 aromatic carbocycles. The fraction of sp³-hybridized carbons (Fsp3) is 0. The number of rotatable bonds is 7. The van der Waals surface area contributed by atoms with E-state index in [2.05, 4.69) is 165 Å². The summed E-state index contributed by atoms with van der Waals surface area (Å²) >= 11 is 0. The van der Waals surface area contributed by atoms with Gasteiger partial charge >= 0.3 is 0 Å². The maximum absolute atomic E-state index is 9.81. The van der Waals surface area contributed by atoms with Crippen LogP contribution < -0.4 is 40.2 Å². The lowest BCUT2D eigenvalue weighted by molar-refractivity contribution is 0.477. The molecule has 0 fully saturated rings. The number of fused-ring (bicyclic) bond motifs is 4. The quantitative estimate of drug-likeness (QED) is 0.118. The Morgan fingerprint density at radius 3 is 1.38 bits per heavy atom. The van der Waals surface area contributed by atoms with Gasteiger partial charge in [0.15, 0.2) is 25.3 Å². The molecule has 0 atom stereocenters. The Kier molecular flexibility index (Phi) is 9.16. The number of nitrogens with zero attached hydrogens (tertiary/aromatic N) is 5. The van der Waals surface area contributed by atoms with Gasteiger partial charge in [-0.3, -0.25) is 0 Å². The van der Waals surface area contributed by atoms with E-state index in [1.807, 2.05) is 84.9 Å². The minimum absolute atomic E-state index is 0.556. The van der Waals surface area contributed by atoms with Crippen molar-refractivity contribution in [1.29, 1.82) is 5.26 Å². The van der Waals surface area contributed by atoms with Gasteiger partial charge in [-0.05, 0) is 112 Å². The Labute approximate surface area is 367 Å². The standard InChI is InChI=1S/C56H37N5OSi/c1-58-41-30-34-43(35-31-41)59(42-32-28-40(39-57)29-33-42)44-36-45(60-49-20-8-12-24-53(49)62-54-25-13-9-21-50(54)60)38-46(37-44)61-51-22-10-14-26-55(51)63(47-16-4-2-5-17-47,48-18-6-3-7-19-48)56-27-15-11-23-52(56)61/h2-38H. The summed E-state index contributed by atoms with van der Waals surface area (Å²) in [5, 5.41) is 15.1. The van der Waals surface area contributed by atoms with Gasteiger partial charge in [0, 0.05) is 22.7 Å². The molecule has 2 heterocycles. The van der Waals surface area contributed by atoms with Crippen LogP contribution in [0.2, 0.25) is 0 Å². The molecule has 0 radical (unpaired) electrons. The van der Waals surface area contributed by atoms with Gasteiger partial charge in [-0.15, -0.1) is 0 Å². The predicted octanol–water partition coefficient (Wildman–Crippen LogP) is 12.3. The maximum Gasteiger partial charge on any atom is 0.187 e. The summed E-state index contributed by atoms with van der Waals surface area (Å²) in [6.45, 7) is 7.72. The normalized spacial score (nSPS) is 12.9. The molecule has 2 aliphatic heterocycles. The molecule has 0 aromatic heterocycles. The molecule has 6 nitrogen and oxygen atoms in total. The smallest absolute Gasteiger partial charge is 0.187 e. The average molecular weight is 824 g/mol. The first kappa shape index (κ1) is 37.4. The largest absolute Gasteiger partial charge is 0.453 e. The third kappa shape index (κ3) is 6.15. The third-order valence-electron chi connectivity index (χ3n) is 12.1. The number of nitriles is 1. The van der Waals surface area contributed by atoms with Crippen LogP contribution in [0.1, 0.15) is 5.56 Å². The van der Waals surface area contributed by atoms with E-state index in [1.165, 1.54) is 20.7 Å². The molecule has 11 rings (SSSR count). The highest BCUT2D eigenvalue weighted by Crippen LogP contribution is 2.53. The van der Waals surface area contributed by atoms with Gasteiger partial charge in [-0.2, -0.15) is 5.26 Å². The molecular weight excluding hydrogens is 787 g/mol. The number of benzene rings is 9. The molecule has 0 amide bonds. The van der Waals surface area contributed by atoms with Crippen LogP contribution in [0.25, 0.3) is 4.85 Å². The number of para-hydroxylation sites is 6. The summed E-state index contributed by atoms with van der Waals surface area (Å²) in [4.78, 5) is 10.6. The Bertz CT molecular complexity index is 3060. The van der Waals surface area contributed by atoms with Crippen molar-refractivity contribution >= 4 is 85.7 Å². The lowest BCUT2D eigenvalue weighted by Gasteiger charge is -2.45. The van der Waals surface area contributed by atoms with Crippen molar-refractivity contribution in [2.75, 3.05) is 14.7 Å².